The Morgan fingerprint density at radius 1 is 1.33 bits per heavy atom. The highest BCUT2D eigenvalue weighted by molar-refractivity contribution is 4.72. The van der Waals surface area contributed by atoms with E-state index in [-0.39, 0.29) is 6.29 Å². The van der Waals surface area contributed by atoms with Gasteiger partial charge in [0.25, 0.3) is 0 Å². The molecule has 0 aromatic rings. The Morgan fingerprint density at radius 2 is 2.08 bits per heavy atom. The summed E-state index contributed by atoms with van der Waals surface area (Å²) in [4.78, 5) is 0. The van der Waals surface area contributed by atoms with Crippen molar-refractivity contribution < 1.29 is 9.47 Å². The van der Waals surface area contributed by atoms with E-state index in [1.165, 1.54) is 12.8 Å². The maximum absolute atomic E-state index is 5.71. The average molecular weight is 172 g/mol. The first-order valence-corrected chi connectivity index (χ1v) is 5.05. The molecule has 3 unspecified atom stereocenters. The zero-order valence-corrected chi connectivity index (χ0v) is 8.38. The van der Waals surface area contributed by atoms with Gasteiger partial charge in [-0.1, -0.05) is 20.3 Å². The van der Waals surface area contributed by atoms with Crippen LogP contribution >= 0.6 is 0 Å². The van der Waals surface area contributed by atoms with Crippen LogP contribution in [0.25, 0.3) is 0 Å². The molecule has 0 spiro atoms. The van der Waals surface area contributed by atoms with Crippen molar-refractivity contribution in [3.63, 3.8) is 0 Å². The SMILES string of the molecule is CCCC1OC(C)OCC1CC. The molecule has 1 heterocycles. The van der Waals surface area contributed by atoms with E-state index >= 15 is 0 Å². The van der Waals surface area contributed by atoms with E-state index in [0.717, 1.165) is 13.0 Å². The van der Waals surface area contributed by atoms with Gasteiger partial charge in [0.2, 0.25) is 0 Å². The van der Waals surface area contributed by atoms with Gasteiger partial charge in [0.05, 0.1) is 12.7 Å². The monoisotopic (exact) mass is 172 g/mol. The van der Waals surface area contributed by atoms with Gasteiger partial charge in [-0.2, -0.15) is 0 Å². The number of hydrogen-bond donors (Lipinski definition) is 0. The first-order valence-electron chi connectivity index (χ1n) is 5.05. The third kappa shape index (κ3) is 2.46. The van der Waals surface area contributed by atoms with Gasteiger partial charge in [0.1, 0.15) is 0 Å². The molecule has 0 aromatic heterocycles. The summed E-state index contributed by atoms with van der Waals surface area (Å²) in [5.74, 6) is 0.612. The van der Waals surface area contributed by atoms with Gasteiger partial charge in [-0.15, -0.1) is 0 Å². The molecule has 0 aromatic carbocycles. The smallest absolute Gasteiger partial charge is 0.155 e. The highest BCUT2D eigenvalue weighted by Crippen LogP contribution is 2.24. The molecule has 0 bridgehead atoms. The van der Waals surface area contributed by atoms with Crippen LogP contribution in [0.5, 0.6) is 0 Å². The Bertz CT molecular complexity index is 125. The maximum Gasteiger partial charge on any atom is 0.155 e. The highest BCUT2D eigenvalue weighted by atomic mass is 16.7. The van der Waals surface area contributed by atoms with E-state index in [0.29, 0.717) is 12.0 Å². The molecule has 0 amide bonds. The van der Waals surface area contributed by atoms with Crippen molar-refractivity contribution >= 4 is 0 Å². The fourth-order valence-corrected chi connectivity index (χ4v) is 1.73. The summed E-state index contributed by atoms with van der Waals surface area (Å²) >= 11 is 0. The largest absolute Gasteiger partial charge is 0.353 e. The van der Waals surface area contributed by atoms with Crippen molar-refractivity contribution in [1.29, 1.82) is 0 Å². The third-order valence-corrected chi connectivity index (χ3v) is 2.53. The van der Waals surface area contributed by atoms with Gasteiger partial charge in [-0.05, 0) is 19.8 Å². The van der Waals surface area contributed by atoms with Crippen LogP contribution in [0.4, 0.5) is 0 Å². The van der Waals surface area contributed by atoms with Crippen LogP contribution in [-0.2, 0) is 9.47 Å². The Morgan fingerprint density at radius 3 is 2.67 bits per heavy atom. The second kappa shape index (κ2) is 4.83. The van der Waals surface area contributed by atoms with Crippen molar-refractivity contribution in [2.75, 3.05) is 6.61 Å². The van der Waals surface area contributed by atoms with E-state index in [9.17, 15) is 0 Å². The minimum atomic E-state index is 0.00403. The fraction of sp³-hybridized carbons (Fsp3) is 1.00. The first-order chi connectivity index (χ1) is 5.77. The molecule has 0 radical (unpaired) electrons. The average Bonchev–Trinajstić information content (AvgIpc) is 2.05. The predicted molar refractivity (Wildman–Crippen MR) is 49.0 cm³/mol. The van der Waals surface area contributed by atoms with Crippen LogP contribution in [0.1, 0.15) is 40.0 Å². The number of hydrogen-bond acceptors (Lipinski definition) is 2. The quantitative estimate of drug-likeness (QED) is 0.651. The zero-order valence-electron chi connectivity index (χ0n) is 8.38. The van der Waals surface area contributed by atoms with E-state index in [1.807, 2.05) is 6.92 Å². The first kappa shape index (κ1) is 10.0. The fourth-order valence-electron chi connectivity index (χ4n) is 1.73. The van der Waals surface area contributed by atoms with Gasteiger partial charge in [-0.3, -0.25) is 0 Å². The van der Waals surface area contributed by atoms with E-state index in [4.69, 9.17) is 9.47 Å². The number of rotatable bonds is 3. The van der Waals surface area contributed by atoms with Crippen molar-refractivity contribution in [3.05, 3.63) is 0 Å². The molecular weight excluding hydrogens is 152 g/mol. The van der Waals surface area contributed by atoms with E-state index < -0.39 is 0 Å². The lowest BCUT2D eigenvalue weighted by Gasteiger charge is -2.34. The van der Waals surface area contributed by atoms with Gasteiger partial charge in [0.15, 0.2) is 6.29 Å². The molecule has 0 N–H and O–H groups in total. The standard InChI is InChI=1S/C10H20O2/c1-4-6-10-9(5-2)7-11-8(3)12-10/h8-10H,4-7H2,1-3H3. The summed E-state index contributed by atoms with van der Waals surface area (Å²) in [5, 5.41) is 0. The second-order valence-corrected chi connectivity index (χ2v) is 3.53. The molecule has 12 heavy (non-hydrogen) atoms. The Labute approximate surface area is 75.2 Å². The zero-order chi connectivity index (χ0) is 8.97. The number of ether oxygens (including phenoxy) is 2. The van der Waals surface area contributed by atoms with E-state index in [2.05, 4.69) is 13.8 Å². The molecular formula is C10H20O2. The van der Waals surface area contributed by atoms with Gasteiger partial charge >= 0.3 is 0 Å². The van der Waals surface area contributed by atoms with Crippen LogP contribution in [-0.4, -0.2) is 19.0 Å². The summed E-state index contributed by atoms with van der Waals surface area (Å²) in [7, 11) is 0. The topological polar surface area (TPSA) is 18.5 Å². The molecule has 1 aliphatic rings. The lowest BCUT2D eigenvalue weighted by molar-refractivity contribution is -0.229. The molecule has 0 saturated carbocycles. The molecule has 1 aliphatic heterocycles. The van der Waals surface area contributed by atoms with Crippen LogP contribution < -0.4 is 0 Å². The summed E-state index contributed by atoms with van der Waals surface area (Å²) in [6.07, 6.45) is 3.98. The lowest BCUT2D eigenvalue weighted by atomic mass is 9.96. The molecule has 1 rings (SSSR count). The third-order valence-electron chi connectivity index (χ3n) is 2.53. The summed E-state index contributed by atoms with van der Waals surface area (Å²) in [6.45, 7) is 7.27. The lowest BCUT2D eigenvalue weighted by Crippen LogP contribution is -2.38. The molecule has 2 heteroatoms. The van der Waals surface area contributed by atoms with Gasteiger partial charge < -0.3 is 9.47 Å². The van der Waals surface area contributed by atoms with Crippen molar-refractivity contribution in [1.82, 2.24) is 0 Å². The Balaban J connectivity index is 2.40. The summed E-state index contributed by atoms with van der Waals surface area (Å²) in [5.41, 5.74) is 0. The van der Waals surface area contributed by atoms with Crippen molar-refractivity contribution in [2.24, 2.45) is 5.92 Å². The maximum atomic E-state index is 5.71. The molecule has 0 aliphatic carbocycles. The van der Waals surface area contributed by atoms with Crippen LogP contribution in [0.15, 0.2) is 0 Å². The van der Waals surface area contributed by atoms with Crippen molar-refractivity contribution in [2.45, 2.75) is 52.4 Å². The Kier molecular flexibility index (Phi) is 4.02. The van der Waals surface area contributed by atoms with Gasteiger partial charge in [0, 0.05) is 5.92 Å². The summed E-state index contributed by atoms with van der Waals surface area (Å²) in [6, 6.07) is 0. The predicted octanol–water partition coefficient (Wildman–Crippen LogP) is 2.57. The van der Waals surface area contributed by atoms with Crippen LogP contribution in [0.3, 0.4) is 0 Å². The molecule has 1 fully saturated rings. The van der Waals surface area contributed by atoms with Crippen LogP contribution in [0.2, 0.25) is 0 Å². The molecule has 3 atom stereocenters. The minimum Gasteiger partial charge on any atom is -0.353 e. The Hall–Kier alpha value is -0.0800. The molecule has 2 nitrogen and oxygen atoms in total. The van der Waals surface area contributed by atoms with Gasteiger partial charge in [-0.25, -0.2) is 0 Å². The molecule has 72 valence electrons. The van der Waals surface area contributed by atoms with E-state index in [1.54, 1.807) is 0 Å². The summed E-state index contributed by atoms with van der Waals surface area (Å²) < 4.78 is 11.1. The normalized spacial score (nSPS) is 36.8. The van der Waals surface area contributed by atoms with Crippen LogP contribution in [0, 0.1) is 5.92 Å². The van der Waals surface area contributed by atoms with Crippen molar-refractivity contribution in [3.8, 4) is 0 Å². The molecule has 1 saturated heterocycles. The minimum absolute atomic E-state index is 0.00403. The highest BCUT2D eigenvalue weighted by Gasteiger charge is 2.27. The second-order valence-electron chi connectivity index (χ2n) is 3.53.